The molecule has 0 saturated heterocycles. The van der Waals surface area contributed by atoms with Crippen LogP contribution in [0.25, 0.3) is 0 Å². The van der Waals surface area contributed by atoms with E-state index in [9.17, 15) is 0 Å². The van der Waals surface area contributed by atoms with E-state index in [2.05, 4.69) is 27.8 Å². The molecule has 1 fully saturated rings. The molecule has 16 heavy (non-hydrogen) atoms. The first kappa shape index (κ1) is 12.7. The molecule has 2 rings (SSSR count). The molecule has 0 radical (unpaired) electrons. The van der Waals surface area contributed by atoms with Crippen molar-refractivity contribution in [1.82, 2.24) is 4.98 Å². The Balaban J connectivity index is 2.02. The van der Waals surface area contributed by atoms with Gasteiger partial charge < -0.3 is 0 Å². The summed E-state index contributed by atoms with van der Waals surface area (Å²) < 4.78 is 0.943. The van der Waals surface area contributed by atoms with Gasteiger partial charge >= 0.3 is 0 Å². The molecule has 88 valence electrons. The topological polar surface area (TPSA) is 12.9 Å². The minimum atomic E-state index is 0.690. The molecule has 0 aliphatic heterocycles. The summed E-state index contributed by atoms with van der Waals surface area (Å²) in [5, 5.41) is 2.43. The number of hydrogen-bond donors (Lipinski definition) is 0. The summed E-state index contributed by atoms with van der Waals surface area (Å²) in [6.07, 6.45) is 7.12. The standard InChI is InChI=1S/C12H15BrClNS/c1-8-3-2-4-10(5-8)16-12-11(14)6-9(13)7-15-12/h6-8,10H,2-5H2,1H3. The second-order valence-corrected chi connectivity index (χ2v) is 7.06. The highest BCUT2D eigenvalue weighted by molar-refractivity contribution is 9.10. The van der Waals surface area contributed by atoms with Crippen LogP contribution in [0.4, 0.5) is 0 Å². The quantitative estimate of drug-likeness (QED) is 0.745. The Labute approximate surface area is 114 Å². The van der Waals surface area contributed by atoms with Gasteiger partial charge in [0.2, 0.25) is 0 Å². The van der Waals surface area contributed by atoms with E-state index in [0.717, 1.165) is 20.4 Å². The van der Waals surface area contributed by atoms with Crippen molar-refractivity contribution in [1.29, 1.82) is 0 Å². The predicted octanol–water partition coefficient (Wildman–Crippen LogP) is 5.17. The van der Waals surface area contributed by atoms with E-state index >= 15 is 0 Å². The van der Waals surface area contributed by atoms with Crippen LogP contribution >= 0.6 is 39.3 Å². The highest BCUT2D eigenvalue weighted by atomic mass is 79.9. The lowest BCUT2D eigenvalue weighted by Gasteiger charge is -2.25. The molecule has 2 unspecified atom stereocenters. The van der Waals surface area contributed by atoms with Crippen LogP contribution in [0.1, 0.15) is 32.6 Å². The van der Waals surface area contributed by atoms with Crippen LogP contribution in [0.5, 0.6) is 0 Å². The summed E-state index contributed by atoms with van der Waals surface area (Å²) in [5.41, 5.74) is 0. The first-order chi connectivity index (χ1) is 7.65. The maximum Gasteiger partial charge on any atom is 0.115 e. The van der Waals surface area contributed by atoms with Crippen molar-refractivity contribution in [2.75, 3.05) is 0 Å². The fourth-order valence-corrected chi connectivity index (χ4v) is 4.21. The van der Waals surface area contributed by atoms with E-state index in [1.165, 1.54) is 25.7 Å². The largest absolute Gasteiger partial charge is 0.247 e. The Kier molecular flexibility index (Phi) is 4.57. The van der Waals surface area contributed by atoms with E-state index in [1.54, 1.807) is 0 Å². The van der Waals surface area contributed by atoms with Crippen molar-refractivity contribution in [3.63, 3.8) is 0 Å². The van der Waals surface area contributed by atoms with Crippen molar-refractivity contribution in [2.45, 2.75) is 42.9 Å². The first-order valence-corrected chi connectivity index (χ1v) is 7.68. The lowest BCUT2D eigenvalue weighted by Crippen LogP contribution is -2.15. The van der Waals surface area contributed by atoms with Gasteiger partial charge in [0.05, 0.1) is 5.02 Å². The number of nitrogens with zero attached hydrogens (tertiary/aromatic N) is 1. The Hall–Kier alpha value is 0.270. The number of pyridine rings is 1. The molecular weight excluding hydrogens is 306 g/mol. The summed E-state index contributed by atoms with van der Waals surface area (Å²) in [6, 6.07) is 1.92. The third kappa shape index (κ3) is 3.38. The minimum absolute atomic E-state index is 0.690. The second-order valence-electron chi connectivity index (χ2n) is 4.45. The van der Waals surface area contributed by atoms with E-state index in [4.69, 9.17) is 11.6 Å². The second kappa shape index (κ2) is 5.74. The molecule has 1 aliphatic carbocycles. The smallest absolute Gasteiger partial charge is 0.115 e. The van der Waals surface area contributed by atoms with Crippen LogP contribution in [-0.2, 0) is 0 Å². The molecule has 1 aliphatic rings. The molecular formula is C12H15BrClNS. The Morgan fingerprint density at radius 1 is 1.50 bits per heavy atom. The van der Waals surface area contributed by atoms with Gasteiger partial charge in [-0.05, 0) is 40.8 Å². The summed E-state index contributed by atoms with van der Waals surface area (Å²) in [4.78, 5) is 4.38. The Morgan fingerprint density at radius 2 is 2.31 bits per heavy atom. The van der Waals surface area contributed by atoms with Crippen molar-refractivity contribution in [3.8, 4) is 0 Å². The SMILES string of the molecule is CC1CCCC(Sc2ncc(Br)cc2Cl)C1. The lowest BCUT2D eigenvalue weighted by atomic mass is 9.91. The van der Waals surface area contributed by atoms with Crippen LogP contribution in [0.2, 0.25) is 5.02 Å². The molecule has 2 atom stereocenters. The van der Waals surface area contributed by atoms with Crippen molar-refractivity contribution in [2.24, 2.45) is 5.92 Å². The highest BCUT2D eigenvalue weighted by Gasteiger charge is 2.21. The molecule has 1 heterocycles. The predicted molar refractivity (Wildman–Crippen MR) is 74.2 cm³/mol. The van der Waals surface area contributed by atoms with Crippen molar-refractivity contribution >= 4 is 39.3 Å². The van der Waals surface area contributed by atoms with Crippen LogP contribution in [0, 0.1) is 5.92 Å². The zero-order chi connectivity index (χ0) is 11.5. The minimum Gasteiger partial charge on any atom is -0.247 e. The van der Waals surface area contributed by atoms with Gasteiger partial charge in [-0.2, -0.15) is 0 Å². The van der Waals surface area contributed by atoms with Crippen molar-refractivity contribution in [3.05, 3.63) is 21.8 Å². The number of halogens is 2. The number of hydrogen-bond acceptors (Lipinski definition) is 2. The van der Waals surface area contributed by atoms with Crippen molar-refractivity contribution < 1.29 is 0 Å². The van der Waals surface area contributed by atoms with E-state index in [1.807, 2.05) is 24.0 Å². The fourth-order valence-electron chi connectivity index (χ4n) is 2.13. The average Bonchev–Trinajstić information content (AvgIpc) is 2.22. The molecule has 1 saturated carbocycles. The van der Waals surface area contributed by atoms with Crippen LogP contribution in [-0.4, -0.2) is 10.2 Å². The van der Waals surface area contributed by atoms with Gasteiger partial charge in [-0.3, -0.25) is 0 Å². The van der Waals surface area contributed by atoms with Gasteiger partial charge in [0.25, 0.3) is 0 Å². The zero-order valence-electron chi connectivity index (χ0n) is 9.25. The Morgan fingerprint density at radius 3 is 3.00 bits per heavy atom. The molecule has 0 aromatic carbocycles. The molecule has 1 aromatic rings. The number of thioether (sulfide) groups is 1. The van der Waals surface area contributed by atoms with Crippen LogP contribution in [0.3, 0.4) is 0 Å². The van der Waals surface area contributed by atoms with Gasteiger partial charge in [0.1, 0.15) is 5.03 Å². The summed E-state index contributed by atoms with van der Waals surface area (Å²) >= 11 is 11.4. The molecule has 1 nitrogen and oxygen atoms in total. The molecule has 1 aromatic heterocycles. The maximum atomic E-state index is 6.17. The fraction of sp³-hybridized carbons (Fsp3) is 0.583. The number of aromatic nitrogens is 1. The monoisotopic (exact) mass is 319 g/mol. The van der Waals surface area contributed by atoms with Gasteiger partial charge in [-0.15, -0.1) is 11.8 Å². The zero-order valence-corrected chi connectivity index (χ0v) is 12.4. The lowest BCUT2D eigenvalue weighted by molar-refractivity contribution is 0.394. The van der Waals surface area contributed by atoms with Gasteiger partial charge in [-0.25, -0.2) is 4.98 Å². The third-order valence-corrected chi connectivity index (χ3v) is 5.08. The molecule has 0 spiro atoms. The van der Waals surface area contributed by atoms with Gasteiger partial charge in [-0.1, -0.05) is 31.4 Å². The summed E-state index contributed by atoms with van der Waals surface area (Å²) in [7, 11) is 0. The summed E-state index contributed by atoms with van der Waals surface area (Å²) in [6.45, 7) is 2.34. The highest BCUT2D eigenvalue weighted by Crippen LogP contribution is 2.38. The van der Waals surface area contributed by atoms with Gasteiger partial charge in [0.15, 0.2) is 0 Å². The average molecular weight is 321 g/mol. The molecule has 0 N–H and O–H groups in total. The molecule has 0 amide bonds. The molecule has 4 heteroatoms. The van der Waals surface area contributed by atoms with E-state index < -0.39 is 0 Å². The maximum absolute atomic E-state index is 6.17. The van der Waals surface area contributed by atoms with E-state index in [-0.39, 0.29) is 0 Å². The number of rotatable bonds is 2. The van der Waals surface area contributed by atoms with Crippen LogP contribution < -0.4 is 0 Å². The normalized spacial score (nSPS) is 25.7. The first-order valence-electron chi connectivity index (χ1n) is 5.63. The van der Waals surface area contributed by atoms with Gasteiger partial charge in [0, 0.05) is 15.9 Å². The van der Waals surface area contributed by atoms with E-state index in [0.29, 0.717) is 5.25 Å². The summed E-state index contributed by atoms with van der Waals surface area (Å²) in [5.74, 6) is 0.848. The third-order valence-electron chi connectivity index (χ3n) is 2.94. The Bertz CT molecular complexity index is 372. The molecule has 0 bridgehead atoms. The van der Waals surface area contributed by atoms with Crippen LogP contribution in [0.15, 0.2) is 21.8 Å².